The van der Waals surface area contributed by atoms with Crippen LogP contribution in [0.2, 0.25) is 0 Å². The van der Waals surface area contributed by atoms with Crippen LogP contribution in [0.3, 0.4) is 0 Å². The minimum absolute atomic E-state index is 0.929. The topological polar surface area (TPSA) is 16.1 Å². The molecule has 0 radical (unpaired) electrons. The predicted octanol–water partition coefficient (Wildman–Crippen LogP) is 2.67. The number of hydrogen-bond donors (Lipinski definition) is 0. The van der Waals surface area contributed by atoms with Crippen LogP contribution in [0.4, 0.5) is 0 Å². The molecule has 0 aliphatic heterocycles. The predicted molar refractivity (Wildman–Crippen MR) is 61.7 cm³/mol. The van der Waals surface area contributed by atoms with Crippen molar-refractivity contribution in [2.75, 3.05) is 14.1 Å². The molecule has 0 saturated heterocycles. The number of benzene rings is 1. The lowest BCUT2D eigenvalue weighted by atomic mass is 10.2. The van der Waals surface area contributed by atoms with Gasteiger partial charge in [-0.2, -0.15) is 0 Å². The van der Waals surface area contributed by atoms with E-state index in [0.717, 1.165) is 12.1 Å². The molecule has 0 bridgehead atoms. The molecule has 14 heavy (non-hydrogen) atoms. The highest BCUT2D eigenvalue weighted by Crippen LogP contribution is 2.23. The molecule has 3 heteroatoms. The van der Waals surface area contributed by atoms with Crippen LogP contribution in [0.5, 0.6) is 0 Å². The fraction of sp³-hybridized carbons (Fsp3) is 0.364. The summed E-state index contributed by atoms with van der Waals surface area (Å²) in [6, 6.07) is 6.44. The maximum absolute atomic E-state index is 4.59. The summed E-state index contributed by atoms with van der Waals surface area (Å²) in [4.78, 5) is 6.73. The molecular weight excluding hydrogens is 192 g/mol. The van der Waals surface area contributed by atoms with E-state index in [9.17, 15) is 0 Å². The Kier molecular flexibility index (Phi) is 2.52. The molecule has 0 atom stereocenters. The molecule has 74 valence electrons. The second-order valence-corrected chi connectivity index (χ2v) is 4.93. The molecule has 0 N–H and O–H groups in total. The van der Waals surface area contributed by atoms with Gasteiger partial charge in [-0.3, -0.25) is 0 Å². The maximum atomic E-state index is 4.59. The Morgan fingerprint density at radius 2 is 2.14 bits per heavy atom. The van der Waals surface area contributed by atoms with Gasteiger partial charge in [-0.15, -0.1) is 11.3 Å². The van der Waals surface area contributed by atoms with Crippen molar-refractivity contribution in [3.05, 3.63) is 28.8 Å². The fourth-order valence-corrected chi connectivity index (χ4v) is 2.49. The first-order valence-corrected chi connectivity index (χ1v) is 5.47. The van der Waals surface area contributed by atoms with Crippen LogP contribution in [-0.2, 0) is 6.54 Å². The van der Waals surface area contributed by atoms with Crippen LogP contribution in [0.1, 0.15) is 10.6 Å². The zero-order valence-electron chi connectivity index (χ0n) is 8.74. The second-order valence-electron chi connectivity index (χ2n) is 3.82. The van der Waals surface area contributed by atoms with Crippen molar-refractivity contribution in [1.82, 2.24) is 9.88 Å². The maximum Gasteiger partial charge on any atom is 0.108 e. The van der Waals surface area contributed by atoms with Crippen molar-refractivity contribution in [2.24, 2.45) is 0 Å². The fourth-order valence-electron chi connectivity index (χ4n) is 1.42. The summed E-state index contributed by atoms with van der Waals surface area (Å²) in [5, 5.41) is 1.19. The van der Waals surface area contributed by atoms with Crippen LogP contribution >= 0.6 is 11.3 Å². The van der Waals surface area contributed by atoms with Gasteiger partial charge in [0.15, 0.2) is 0 Å². The Hall–Kier alpha value is -0.930. The number of aromatic nitrogens is 1. The van der Waals surface area contributed by atoms with Crippen molar-refractivity contribution in [3.63, 3.8) is 0 Å². The first kappa shape index (κ1) is 9.62. The molecule has 1 aromatic heterocycles. The lowest BCUT2D eigenvalue weighted by Crippen LogP contribution is -2.09. The average molecular weight is 206 g/mol. The Labute approximate surface area is 88.2 Å². The molecule has 0 saturated carbocycles. The Balaban J connectivity index is 2.41. The van der Waals surface area contributed by atoms with E-state index in [1.165, 1.54) is 15.3 Å². The highest BCUT2D eigenvalue weighted by atomic mass is 32.1. The van der Waals surface area contributed by atoms with E-state index in [2.05, 4.69) is 49.1 Å². The number of hydrogen-bond acceptors (Lipinski definition) is 3. The number of nitrogens with zero attached hydrogens (tertiary/aromatic N) is 2. The summed E-state index contributed by atoms with van der Waals surface area (Å²) in [5.74, 6) is 0. The highest BCUT2D eigenvalue weighted by molar-refractivity contribution is 7.18. The second kappa shape index (κ2) is 3.67. The normalized spacial score (nSPS) is 11.4. The van der Waals surface area contributed by atoms with Gasteiger partial charge in [-0.25, -0.2) is 4.98 Å². The summed E-state index contributed by atoms with van der Waals surface area (Å²) in [6.07, 6.45) is 0. The van der Waals surface area contributed by atoms with Gasteiger partial charge in [0, 0.05) is 6.54 Å². The lowest BCUT2D eigenvalue weighted by molar-refractivity contribution is 0.402. The van der Waals surface area contributed by atoms with Crippen LogP contribution < -0.4 is 0 Å². The molecule has 1 aromatic carbocycles. The van der Waals surface area contributed by atoms with E-state index in [0.29, 0.717) is 0 Å². The molecule has 0 unspecified atom stereocenters. The van der Waals surface area contributed by atoms with Crippen molar-refractivity contribution < 1.29 is 0 Å². The molecule has 2 nitrogen and oxygen atoms in total. The van der Waals surface area contributed by atoms with E-state index in [1.54, 1.807) is 11.3 Å². The zero-order valence-corrected chi connectivity index (χ0v) is 9.56. The largest absolute Gasteiger partial charge is 0.303 e. The minimum atomic E-state index is 0.929. The van der Waals surface area contributed by atoms with Crippen molar-refractivity contribution in [2.45, 2.75) is 13.5 Å². The van der Waals surface area contributed by atoms with Gasteiger partial charge in [0.1, 0.15) is 5.01 Å². The van der Waals surface area contributed by atoms with E-state index in [-0.39, 0.29) is 0 Å². The minimum Gasteiger partial charge on any atom is -0.303 e. The van der Waals surface area contributed by atoms with Crippen LogP contribution in [0, 0.1) is 6.92 Å². The summed E-state index contributed by atoms with van der Waals surface area (Å²) >= 11 is 1.78. The third-order valence-electron chi connectivity index (χ3n) is 2.04. The summed E-state index contributed by atoms with van der Waals surface area (Å²) < 4.78 is 1.28. The Bertz CT molecular complexity index is 445. The summed E-state index contributed by atoms with van der Waals surface area (Å²) in [6.45, 7) is 3.03. The van der Waals surface area contributed by atoms with Gasteiger partial charge in [0.25, 0.3) is 0 Å². The van der Waals surface area contributed by atoms with E-state index < -0.39 is 0 Å². The third kappa shape index (κ3) is 1.94. The van der Waals surface area contributed by atoms with Gasteiger partial charge in [-0.05, 0) is 38.7 Å². The van der Waals surface area contributed by atoms with E-state index in [4.69, 9.17) is 0 Å². The molecule has 0 amide bonds. The molecule has 0 aliphatic rings. The first-order chi connectivity index (χ1) is 6.65. The van der Waals surface area contributed by atoms with Crippen LogP contribution in [-0.4, -0.2) is 24.0 Å². The van der Waals surface area contributed by atoms with Gasteiger partial charge < -0.3 is 4.90 Å². The molecule has 0 fully saturated rings. The van der Waals surface area contributed by atoms with Crippen molar-refractivity contribution >= 4 is 21.6 Å². The Morgan fingerprint density at radius 1 is 1.36 bits per heavy atom. The number of fused-ring (bicyclic) bond motifs is 1. The highest BCUT2D eigenvalue weighted by Gasteiger charge is 2.04. The van der Waals surface area contributed by atoms with Crippen LogP contribution in [0.15, 0.2) is 18.2 Å². The lowest BCUT2D eigenvalue weighted by Gasteiger charge is -2.04. The van der Waals surface area contributed by atoms with Crippen molar-refractivity contribution in [1.29, 1.82) is 0 Å². The number of thiazole rings is 1. The van der Waals surface area contributed by atoms with E-state index in [1.807, 2.05) is 0 Å². The number of rotatable bonds is 2. The quantitative estimate of drug-likeness (QED) is 0.751. The summed E-state index contributed by atoms with van der Waals surface area (Å²) in [7, 11) is 4.13. The third-order valence-corrected chi connectivity index (χ3v) is 3.06. The molecule has 2 aromatic rings. The van der Waals surface area contributed by atoms with Crippen LogP contribution in [0.25, 0.3) is 10.2 Å². The molecular formula is C11H14N2S. The monoisotopic (exact) mass is 206 g/mol. The van der Waals surface area contributed by atoms with Gasteiger partial charge in [0.05, 0.1) is 10.2 Å². The Morgan fingerprint density at radius 3 is 2.86 bits per heavy atom. The first-order valence-electron chi connectivity index (χ1n) is 4.66. The van der Waals surface area contributed by atoms with Gasteiger partial charge in [-0.1, -0.05) is 6.07 Å². The standard InChI is InChI=1S/C11H14N2S/c1-8-4-5-10-9(6-8)12-11(14-10)7-13(2)3/h4-6H,7H2,1-3H3. The molecule has 1 heterocycles. The average Bonchev–Trinajstić information content (AvgIpc) is 2.44. The molecule has 0 aliphatic carbocycles. The van der Waals surface area contributed by atoms with Gasteiger partial charge in [0.2, 0.25) is 0 Å². The molecule has 0 spiro atoms. The van der Waals surface area contributed by atoms with Crippen molar-refractivity contribution in [3.8, 4) is 0 Å². The van der Waals surface area contributed by atoms with E-state index >= 15 is 0 Å². The molecule has 2 rings (SSSR count). The summed E-state index contributed by atoms with van der Waals surface area (Å²) in [5.41, 5.74) is 2.41. The zero-order chi connectivity index (χ0) is 10.1. The SMILES string of the molecule is Cc1ccc2sc(CN(C)C)nc2c1. The van der Waals surface area contributed by atoms with Gasteiger partial charge >= 0.3 is 0 Å². The smallest absolute Gasteiger partial charge is 0.108 e. The number of aryl methyl sites for hydroxylation is 1.